The fourth-order valence-corrected chi connectivity index (χ4v) is 4.39. The zero-order valence-electron chi connectivity index (χ0n) is 21.9. The molecule has 196 valence electrons. The van der Waals surface area contributed by atoms with Crippen molar-refractivity contribution < 1.29 is 13.9 Å². The van der Waals surface area contributed by atoms with Crippen LogP contribution in [0.1, 0.15) is 18.2 Å². The lowest BCUT2D eigenvalue weighted by atomic mass is 9.97. The van der Waals surface area contributed by atoms with Crippen molar-refractivity contribution in [3.63, 3.8) is 0 Å². The Bertz CT molecular complexity index is 1780. The first-order valence-corrected chi connectivity index (χ1v) is 12.1. The van der Waals surface area contributed by atoms with Gasteiger partial charge in [-0.25, -0.2) is 24.3 Å². The average Bonchev–Trinajstić information content (AvgIpc) is 3.18. The van der Waals surface area contributed by atoms with E-state index in [1.54, 1.807) is 42.9 Å². The number of aromatic nitrogens is 5. The third-order valence-electron chi connectivity index (χ3n) is 6.30. The predicted octanol–water partition coefficient (Wildman–Crippen LogP) is 5.74. The molecule has 9 nitrogen and oxygen atoms in total. The van der Waals surface area contributed by atoms with Crippen LogP contribution in [0.2, 0.25) is 0 Å². The number of carbonyl (C=O) groups excluding carboxylic acids is 1. The van der Waals surface area contributed by atoms with Crippen LogP contribution in [0.15, 0.2) is 67.1 Å². The van der Waals surface area contributed by atoms with Crippen LogP contribution in [0.5, 0.6) is 11.8 Å². The molecule has 0 radical (unpaired) electrons. The van der Waals surface area contributed by atoms with Crippen molar-refractivity contribution in [2.75, 3.05) is 11.1 Å². The summed E-state index contributed by atoms with van der Waals surface area (Å²) in [6.45, 7) is 8.96. The molecular formula is C29H26FN7O2. The van der Waals surface area contributed by atoms with Crippen LogP contribution in [-0.4, -0.2) is 30.4 Å². The Morgan fingerprint density at radius 3 is 2.59 bits per heavy atom. The van der Waals surface area contributed by atoms with E-state index in [0.717, 1.165) is 16.8 Å². The molecule has 0 bridgehead atoms. The van der Waals surface area contributed by atoms with Gasteiger partial charge < -0.3 is 20.4 Å². The van der Waals surface area contributed by atoms with Crippen LogP contribution >= 0.6 is 0 Å². The molecule has 0 aliphatic heterocycles. The largest absolute Gasteiger partial charge is 0.424 e. The second-order valence-electron chi connectivity index (χ2n) is 9.23. The highest BCUT2D eigenvalue weighted by Crippen LogP contribution is 2.43. The van der Waals surface area contributed by atoms with E-state index in [1.165, 1.54) is 12.4 Å². The van der Waals surface area contributed by atoms with Crippen LogP contribution in [0.3, 0.4) is 0 Å². The number of hydrogen-bond acceptors (Lipinski definition) is 7. The number of fused-ring (bicyclic) bond motifs is 1. The van der Waals surface area contributed by atoms with E-state index in [0.29, 0.717) is 44.9 Å². The molecule has 1 amide bonds. The molecule has 0 saturated carbocycles. The van der Waals surface area contributed by atoms with Gasteiger partial charge in [0.2, 0.25) is 0 Å². The Morgan fingerprint density at radius 1 is 1.10 bits per heavy atom. The van der Waals surface area contributed by atoms with Crippen LogP contribution < -0.4 is 15.8 Å². The first kappa shape index (κ1) is 25.5. The number of amides is 1. The monoisotopic (exact) mass is 523 g/mol. The van der Waals surface area contributed by atoms with E-state index < -0.39 is 5.82 Å². The number of carbonyl (C=O) groups is 1. The van der Waals surface area contributed by atoms with Gasteiger partial charge in [0.1, 0.15) is 29.4 Å². The van der Waals surface area contributed by atoms with Crippen LogP contribution in [0.4, 0.5) is 15.9 Å². The van der Waals surface area contributed by atoms with Gasteiger partial charge >= 0.3 is 6.01 Å². The summed E-state index contributed by atoms with van der Waals surface area (Å²) in [5.74, 6) is -0.0568. The summed E-state index contributed by atoms with van der Waals surface area (Å²) in [6.07, 6.45) is 3.01. The van der Waals surface area contributed by atoms with Crippen molar-refractivity contribution in [1.82, 2.24) is 24.5 Å². The summed E-state index contributed by atoms with van der Waals surface area (Å²) in [4.78, 5) is 29.1. The van der Waals surface area contributed by atoms with Gasteiger partial charge in [0, 0.05) is 41.3 Å². The fourth-order valence-electron chi connectivity index (χ4n) is 4.39. The summed E-state index contributed by atoms with van der Waals surface area (Å²) >= 11 is 0. The third kappa shape index (κ3) is 4.79. The molecule has 0 spiro atoms. The minimum atomic E-state index is -0.526. The molecule has 3 N–H and O–H groups in total. The Labute approximate surface area is 224 Å². The van der Waals surface area contributed by atoms with Crippen molar-refractivity contribution in [3.05, 3.63) is 84.2 Å². The number of nitrogens with zero attached hydrogens (tertiary/aromatic N) is 5. The maximum atomic E-state index is 15.6. The van der Waals surface area contributed by atoms with Crippen LogP contribution in [0.25, 0.3) is 33.4 Å². The molecule has 5 rings (SSSR count). The minimum absolute atomic E-state index is 0.246. The van der Waals surface area contributed by atoms with Gasteiger partial charge in [0.25, 0.3) is 5.91 Å². The predicted molar refractivity (Wildman–Crippen MR) is 149 cm³/mol. The van der Waals surface area contributed by atoms with Gasteiger partial charge in [-0.05, 0) is 68.3 Å². The molecule has 10 heteroatoms. The second kappa shape index (κ2) is 9.97. The first-order chi connectivity index (χ1) is 18.6. The molecule has 0 atom stereocenters. The molecule has 3 aromatic heterocycles. The van der Waals surface area contributed by atoms with E-state index in [4.69, 9.17) is 10.5 Å². The highest BCUT2D eigenvalue weighted by atomic mass is 19.1. The second-order valence-corrected chi connectivity index (χ2v) is 9.23. The lowest BCUT2D eigenvalue weighted by Crippen LogP contribution is -2.12. The van der Waals surface area contributed by atoms with Crippen molar-refractivity contribution in [1.29, 1.82) is 0 Å². The smallest absolute Gasteiger partial charge is 0.322 e. The van der Waals surface area contributed by atoms with E-state index in [2.05, 4.69) is 31.8 Å². The van der Waals surface area contributed by atoms with Gasteiger partial charge in [-0.2, -0.15) is 0 Å². The number of anilines is 2. The molecular weight excluding hydrogens is 497 g/mol. The number of rotatable bonds is 6. The Kier molecular flexibility index (Phi) is 6.53. The third-order valence-corrected chi connectivity index (χ3v) is 6.30. The fraction of sp³-hybridized carbons (Fsp3) is 0.138. The van der Waals surface area contributed by atoms with Gasteiger partial charge in [0.15, 0.2) is 0 Å². The van der Waals surface area contributed by atoms with E-state index in [9.17, 15) is 4.79 Å². The van der Waals surface area contributed by atoms with E-state index in [-0.39, 0.29) is 17.7 Å². The molecule has 3 heterocycles. The normalized spacial score (nSPS) is 11.0. The summed E-state index contributed by atoms with van der Waals surface area (Å²) in [5.41, 5.74) is 11.4. The van der Waals surface area contributed by atoms with E-state index >= 15 is 4.39 Å². The molecule has 0 fully saturated rings. The van der Waals surface area contributed by atoms with Gasteiger partial charge in [-0.1, -0.05) is 12.6 Å². The van der Waals surface area contributed by atoms with Crippen molar-refractivity contribution >= 4 is 28.4 Å². The number of nitrogen functional groups attached to an aromatic ring is 1. The molecule has 2 aromatic carbocycles. The number of ether oxygens (including phenoxy) is 1. The number of halogens is 1. The SMILES string of the molecule is C=C(C)C(=O)Nc1ccc(-c2c(-c3ccc(Oc4nccc(C)n4)c(C)c3)c3c(N)ncnc3n2C)c(F)c1. The highest BCUT2D eigenvalue weighted by molar-refractivity contribution is 6.08. The van der Waals surface area contributed by atoms with Crippen molar-refractivity contribution in [2.24, 2.45) is 7.05 Å². The molecule has 0 aliphatic carbocycles. The Hall–Kier alpha value is -5.12. The zero-order valence-corrected chi connectivity index (χ0v) is 21.9. The quantitative estimate of drug-likeness (QED) is 0.272. The molecule has 5 aromatic rings. The lowest BCUT2D eigenvalue weighted by molar-refractivity contribution is -0.112. The summed E-state index contributed by atoms with van der Waals surface area (Å²) in [6, 6.07) is 12.2. The minimum Gasteiger partial charge on any atom is -0.424 e. The number of aryl methyl sites for hydroxylation is 3. The molecule has 0 saturated heterocycles. The van der Waals surface area contributed by atoms with Gasteiger partial charge in [-0.3, -0.25) is 4.79 Å². The topological polar surface area (TPSA) is 121 Å². The number of nitrogens with one attached hydrogen (secondary N) is 1. The molecule has 39 heavy (non-hydrogen) atoms. The average molecular weight is 524 g/mol. The van der Waals surface area contributed by atoms with Crippen LogP contribution in [-0.2, 0) is 11.8 Å². The van der Waals surface area contributed by atoms with E-state index in [1.807, 2.05) is 32.0 Å². The van der Waals surface area contributed by atoms with Crippen LogP contribution in [0, 0.1) is 19.7 Å². The van der Waals surface area contributed by atoms with Crippen molar-refractivity contribution in [3.8, 4) is 34.1 Å². The summed E-state index contributed by atoms with van der Waals surface area (Å²) in [7, 11) is 1.79. The molecule has 0 unspecified atom stereocenters. The number of hydrogen-bond donors (Lipinski definition) is 2. The Balaban J connectivity index is 1.65. The lowest BCUT2D eigenvalue weighted by Gasteiger charge is -2.13. The molecule has 0 aliphatic rings. The summed E-state index contributed by atoms with van der Waals surface area (Å²) < 4.78 is 23.3. The maximum absolute atomic E-state index is 15.6. The highest BCUT2D eigenvalue weighted by Gasteiger charge is 2.24. The maximum Gasteiger partial charge on any atom is 0.322 e. The van der Waals surface area contributed by atoms with Gasteiger partial charge in [-0.15, -0.1) is 0 Å². The number of benzene rings is 2. The standard InChI is InChI=1S/C29H26FN7O2/c1-15(2)28(38)36-19-7-8-20(21(30)13-19)25-23(24-26(31)33-14-34-27(24)37(25)5)18-6-9-22(16(3)12-18)39-29-32-11-10-17(4)35-29/h6-14H,1H2,2-5H3,(H,36,38)(H2,31,33,34). The first-order valence-electron chi connectivity index (χ1n) is 12.1. The summed E-state index contributed by atoms with van der Waals surface area (Å²) in [5, 5.41) is 3.24. The van der Waals surface area contributed by atoms with Crippen molar-refractivity contribution in [2.45, 2.75) is 20.8 Å². The zero-order chi connectivity index (χ0) is 27.8. The number of nitrogens with two attached hydrogens (primary N) is 1. The van der Waals surface area contributed by atoms with Gasteiger partial charge in [0.05, 0.1) is 11.1 Å². The Morgan fingerprint density at radius 2 is 1.90 bits per heavy atom.